The Balaban J connectivity index is 1.46. The molecule has 0 amide bonds. The van der Waals surface area contributed by atoms with Crippen molar-refractivity contribution in [1.82, 2.24) is 10.2 Å². The highest BCUT2D eigenvalue weighted by molar-refractivity contribution is 7.14. The third-order valence-corrected chi connectivity index (χ3v) is 10.1. The van der Waals surface area contributed by atoms with Gasteiger partial charge in [0.2, 0.25) is 12.4 Å². The van der Waals surface area contributed by atoms with Gasteiger partial charge < -0.3 is 24.1 Å². The van der Waals surface area contributed by atoms with Crippen molar-refractivity contribution in [3.8, 4) is 11.5 Å². The van der Waals surface area contributed by atoms with Gasteiger partial charge in [-0.3, -0.25) is 15.4 Å². The minimum Gasteiger partial charge on any atom is -0.544 e. The molecule has 0 bridgehead atoms. The molecule has 2 aromatic carbocycles. The second-order valence-electron chi connectivity index (χ2n) is 11.4. The third kappa shape index (κ3) is 8.58. The number of likely N-dealkylation sites (tertiary alicyclic amines) is 1. The molecule has 10 nitrogen and oxygen atoms in total. The van der Waals surface area contributed by atoms with Crippen LogP contribution in [0.15, 0.2) is 67.0 Å². The lowest BCUT2D eigenvalue weighted by molar-refractivity contribution is -0.904. The molecule has 0 saturated carbocycles. The van der Waals surface area contributed by atoms with Crippen molar-refractivity contribution < 1.29 is 38.8 Å². The highest BCUT2D eigenvalue weighted by atomic mass is 35.5. The second-order valence-corrected chi connectivity index (χ2v) is 13.4. The molecular weight excluding hydrogens is 677 g/mol. The van der Waals surface area contributed by atoms with E-state index in [4.69, 9.17) is 37.4 Å². The number of nitrogens with one attached hydrogen (secondary N) is 1. The predicted molar refractivity (Wildman–Crippen MR) is 180 cm³/mol. The van der Waals surface area contributed by atoms with Crippen molar-refractivity contribution >= 4 is 46.5 Å². The number of hydrogen-bond donors (Lipinski definition) is 2. The fourth-order valence-electron chi connectivity index (χ4n) is 5.93. The first-order valence-corrected chi connectivity index (χ1v) is 17.1. The van der Waals surface area contributed by atoms with Crippen LogP contribution < -0.4 is 24.6 Å². The number of esters is 1. The lowest BCUT2D eigenvalue weighted by Crippen LogP contribution is -2.32. The molecule has 1 aliphatic heterocycles. The number of ether oxygens (including phenoxy) is 3. The predicted octanol–water partition coefficient (Wildman–Crippen LogP) is 4.80. The molecule has 2 aromatic heterocycles. The number of nitrogens with zero attached hydrogens (tertiary/aromatic N) is 2. The first kappa shape index (κ1) is 35.4. The van der Waals surface area contributed by atoms with E-state index in [1.165, 1.54) is 26.6 Å². The van der Waals surface area contributed by atoms with Crippen LogP contribution in [0.4, 0.5) is 0 Å². The summed E-state index contributed by atoms with van der Waals surface area (Å²) < 4.78 is 17.4. The van der Waals surface area contributed by atoms with Crippen molar-refractivity contribution in [3.63, 3.8) is 0 Å². The van der Waals surface area contributed by atoms with Gasteiger partial charge in [-0.2, -0.15) is 0 Å². The summed E-state index contributed by atoms with van der Waals surface area (Å²) in [6.45, 7) is 3.17. The van der Waals surface area contributed by atoms with E-state index in [0.717, 1.165) is 47.6 Å². The molecule has 0 aliphatic carbocycles. The Bertz CT molecular complexity index is 1710. The maximum atomic E-state index is 13.3. The van der Waals surface area contributed by atoms with Gasteiger partial charge in [-0.1, -0.05) is 59.6 Å². The lowest BCUT2D eigenvalue weighted by Gasteiger charge is -2.21. The molecule has 1 unspecified atom stereocenters. The van der Waals surface area contributed by atoms with Gasteiger partial charge >= 0.3 is 5.97 Å². The Morgan fingerprint density at radius 2 is 1.69 bits per heavy atom. The summed E-state index contributed by atoms with van der Waals surface area (Å²) in [6.07, 6.45) is 5.11. The van der Waals surface area contributed by atoms with E-state index in [2.05, 4.69) is 10.2 Å². The number of carboxylic acid groups (broad SMARTS) is 1. The van der Waals surface area contributed by atoms with Crippen LogP contribution in [-0.4, -0.2) is 62.5 Å². The van der Waals surface area contributed by atoms with Crippen LogP contribution in [0.3, 0.4) is 0 Å². The summed E-state index contributed by atoms with van der Waals surface area (Å²) in [7, 11) is 3.05. The fourth-order valence-corrected chi connectivity index (χ4v) is 7.54. The van der Waals surface area contributed by atoms with Crippen molar-refractivity contribution in [1.29, 1.82) is 0 Å². The van der Waals surface area contributed by atoms with Gasteiger partial charge in [0, 0.05) is 34.2 Å². The Morgan fingerprint density at radius 3 is 2.33 bits per heavy atom. The first-order valence-electron chi connectivity index (χ1n) is 15.5. The SMILES string of the molecule is COc1ccc([C@H](Cc2c(Cl)c[n+](O)cc2Cl)c2cc(CNC(C(=O)OCCN3CCCC3)c3ccccc3)sc2C(=O)[O-])cc1OC. The molecule has 13 heteroatoms. The van der Waals surface area contributed by atoms with E-state index < -0.39 is 23.9 Å². The summed E-state index contributed by atoms with van der Waals surface area (Å²) in [5, 5.41) is 26.2. The molecule has 2 atom stereocenters. The molecule has 0 spiro atoms. The van der Waals surface area contributed by atoms with Crippen LogP contribution in [-0.2, 0) is 22.5 Å². The molecule has 1 saturated heterocycles. The normalized spacial score (nSPS) is 14.4. The van der Waals surface area contributed by atoms with Gasteiger partial charge in [-0.05, 0) is 67.2 Å². The number of aromatic carboxylic acids is 1. The van der Waals surface area contributed by atoms with E-state index >= 15 is 0 Å². The van der Waals surface area contributed by atoms with E-state index in [1.807, 2.05) is 36.4 Å². The summed E-state index contributed by atoms with van der Waals surface area (Å²) in [5.41, 5.74) is 2.43. The quantitative estimate of drug-likeness (QED) is 0.102. The van der Waals surface area contributed by atoms with Gasteiger partial charge in [0.1, 0.15) is 22.7 Å². The topological polar surface area (TPSA) is 124 Å². The Labute approximate surface area is 293 Å². The number of pyridine rings is 1. The second kappa shape index (κ2) is 16.5. The molecule has 2 N–H and O–H groups in total. The smallest absolute Gasteiger partial charge is 0.327 e. The monoisotopic (exact) mass is 713 g/mol. The zero-order chi connectivity index (χ0) is 34.2. The number of carboxylic acids is 1. The number of halogens is 2. The molecule has 254 valence electrons. The number of rotatable bonds is 15. The van der Waals surface area contributed by atoms with E-state index in [0.29, 0.717) is 39.6 Å². The van der Waals surface area contributed by atoms with Gasteiger partial charge in [-0.25, -0.2) is 4.79 Å². The highest BCUT2D eigenvalue weighted by Gasteiger charge is 2.28. The molecule has 4 aromatic rings. The summed E-state index contributed by atoms with van der Waals surface area (Å²) in [6, 6.07) is 15.6. The van der Waals surface area contributed by atoms with Crippen LogP contribution >= 0.6 is 34.5 Å². The summed E-state index contributed by atoms with van der Waals surface area (Å²) in [5.74, 6) is -1.36. The number of methoxy groups -OCH3 is 2. The van der Waals surface area contributed by atoms with Crippen LogP contribution in [0.1, 0.15) is 61.6 Å². The van der Waals surface area contributed by atoms with Crippen LogP contribution in [0.25, 0.3) is 0 Å². The van der Waals surface area contributed by atoms with E-state index in [9.17, 15) is 19.9 Å². The van der Waals surface area contributed by atoms with Gasteiger partial charge in [0.05, 0.1) is 25.1 Å². The van der Waals surface area contributed by atoms with Gasteiger partial charge in [0.15, 0.2) is 11.5 Å². The summed E-state index contributed by atoms with van der Waals surface area (Å²) >= 11 is 14.1. The Hall–Kier alpha value is -3.87. The number of hydrogen-bond acceptors (Lipinski definition) is 10. The van der Waals surface area contributed by atoms with Crippen LogP contribution in [0.2, 0.25) is 10.0 Å². The molecule has 1 fully saturated rings. The third-order valence-electron chi connectivity index (χ3n) is 8.36. The van der Waals surface area contributed by atoms with Crippen LogP contribution in [0.5, 0.6) is 11.5 Å². The fraction of sp³-hybridized carbons (Fsp3) is 0.343. The van der Waals surface area contributed by atoms with Gasteiger partial charge in [0.25, 0.3) is 0 Å². The Kier molecular flexibility index (Phi) is 12.2. The maximum absolute atomic E-state index is 13.3. The number of benzene rings is 2. The average Bonchev–Trinajstić information content (AvgIpc) is 3.75. The largest absolute Gasteiger partial charge is 0.544 e. The van der Waals surface area contributed by atoms with E-state index in [1.54, 1.807) is 18.2 Å². The summed E-state index contributed by atoms with van der Waals surface area (Å²) in [4.78, 5) is 28.9. The van der Waals surface area contributed by atoms with Crippen molar-refractivity contribution in [2.24, 2.45) is 0 Å². The molecule has 0 radical (unpaired) electrons. The standard InChI is InChI=1S/C35H37Cl2N3O7S/c1-45-30-11-10-23(16-31(30)46-2)25(18-27-28(36)20-40(44)21-29(27)37)26-17-24(48-33(26)34(41)42)19-38-32(22-8-4-3-5-9-22)35(43)47-15-14-39-12-6-7-13-39/h3-5,8-11,16-17,20-21,25,32,38H,6-7,12-15,18-19H2,1-2H3,(H-,41,42,44)/t25-,32?/m0/s1. The van der Waals surface area contributed by atoms with Crippen molar-refractivity contribution in [2.75, 3.05) is 40.5 Å². The number of carbonyl (C=O) groups is 2. The van der Waals surface area contributed by atoms with E-state index in [-0.39, 0.29) is 34.5 Å². The number of thiophene rings is 1. The highest BCUT2D eigenvalue weighted by Crippen LogP contribution is 2.41. The molecule has 48 heavy (non-hydrogen) atoms. The molecular formula is C35H37Cl2N3O7S. The minimum absolute atomic E-state index is 0.0245. The first-order chi connectivity index (χ1) is 23.2. The number of aromatic nitrogens is 1. The molecule has 1 aliphatic rings. The maximum Gasteiger partial charge on any atom is 0.327 e. The zero-order valence-electron chi connectivity index (χ0n) is 26.6. The van der Waals surface area contributed by atoms with Crippen molar-refractivity contribution in [3.05, 3.63) is 109 Å². The molecule has 3 heterocycles. The van der Waals surface area contributed by atoms with Gasteiger partial charge in [-0.15, -0.1) is 11.3 Å². The Morgan fingerprint density at radius 1 is 1.00 bits per heavy atom. The zero-order valence-corrected chi connectivity index (χ0v) is 28.9. The van der Waals surface area contributed by atoms with Crippen LogP contribution in [0, 0.1) is 0 Å². The minimum atomic E-state index is -1.34. The van der Waals surface area contributed by atoms with Crippen molar-refractivity contribution in [2.45, 2.75) is 37.8 Å². The lowest BCUT2D eigenvalue weighted by atomic mass is 9.85. The number of carbonyl (C=O) groups excluding carboxylic acids is 2. The molecule has 5 rings (SSSR count). The average molecular weight is 715 g/mol.